The fourth-order valence-corrected chi connectivity index (χ4v) is 4.41. The third-order valence-corrected chi connectivity index (χ3v) is 6.30. The van der Waals surface area contributed by atoms with Crippen LogP contribution in [0.4, 0.5) is 0 Å². The van der Waals surface area contributed by atoms with E-state index in [0.717, 1.165) is 16.7 Å². The highest BCUT2D eigenvalue weighted by Gasteiger charge is 2.33. The number of hydrogen-bond donors (Lipinski definition) is 1. The van der Waals surface area contributed by atoms with Gasteiger partial charge < -0.3 is 19.7 Å². The van der Waals surface area contributed by atoms with Crippen LogP contribution in [0.1, 0.15) is 58.2 Å². The maximum atomic E-state index is 13.9. The second-order valence-corrected chi connectivity index (χ2v) is 11.9. The average molecular weight is 531 g/mol. The van der Waals surface area contributed by atoms with E-state index in [1.165, 1.54) is 0 Å². The molecule has 2 amide bonds. The molecular weight excluding hydrogens is 488 g/mol. The highest BCUT2D eigenvalue weighted by Crippen LogP contribution is 2.31. The lowest BCUT2D eigenvalue weighted by Crippen LogP contribution is -2.55. The van der Waals surface area contributed by atoms with Crippen LogP contribution in [0.5, 0.6) is 11.5 Å². The molecule has 3 aromatic rings. The zero-order valence-corrected chi connectivity index (χ0v) is 24.3. The summed E-state index contributed by atoms with van der Waals surface area (Å²) in [4.78, 5) is 29.3. The van der Waals surface area contributed by atoms with Crippen LogP contribution in [-0.4, -0.2) is 42.0 Å². The highest BCUT2D eigenvalue weighted by atomic mass is 16.5. The number of methoxy groups -OCH3 is 1. The second kappa shape index (κ2) is 12.8. The summed E-state index contributed by atoms with van der Waals surface area (Å²) in [5.74, 6) is 0.872. The van der Waals surface area contributed by atoms with Gasteiger partial charge in [-0.3, -0.25) is 9.59 Å². The van der Waals surface area contributed by atoms with Crippen molar-refractivity contribution in [3.63, 3.8) is 0 Å². The summed E-state index contributed by atoms with van der Waals surface area (Å²) in [5, 5.41) is 3.09. The molecule has 39 heavy (non-hydrogen) atoms. The smallest absolute Gasteiger partial charge is 0.261 e. The Hall–Kier alpha value is -3.80. The van der Waals surface area contributed by atoms with Crippen LogP contribution in [0.3, 0.4) is 0 Å². The maximum absolute atomic E-state index is 13.9. The Balaban J connectivity index is 1.98. The summed E-state index contributed by atoms with van der Waals surface area (Å²) in [7, 11) is 1.61. The van der Waals surface area contributed by atoms with Crippen LogP contribution in [0, 0.1) is 0 Å². The molecule has 6 heteroatoms. The van der Waals surface area contributed by atoms with Crippen molar-refractivity contribution in [3.8, 4) is 11.5 Å². The summed E-state index contributed by atoms with van der Waals surface area (Å²) in [6.45, 7) is 12.2. The third kappa shape index (κ3) is 8.88. The number of rotatable bonds is 10. The molecule has 0 saturated carbocycles. The number of carbonyl (C=O) groups excluding carboxylic acids is 2. The molecule has 0 aromatic heterocycles. The number of benzene rings is 3. The molecule has 3 aromatic carbocycles. The van der Waals surface area contributed by atoms with Crippen LogP contribution in [-0.2, 0) is 28.0 Å². The molecular formula is C33H42N2O4. The van der Waals surface area contributed by atoms with Gasteiger partial charge in [0.05, 0.1) is 7.11 Å². The first-order valence-corrected chi connectivity index (χ1v) is 13.4. The van der Waals surface area contributed by atoms with E-state index >= 15 is 0 Å². The molecule has 0 aliphatic carbocycles. The zero-order chi connectivity index (χ0) is 28.6. The fourth-order valence-electron chi connectivity index (χ4n) is 4.41. The minimum absolute atomic E-state index is 0.150. The normalized spacial score (nSPS) is 12.4. The van der Waals surface area contributed by atoms with Gasteiger partial charge in [-0.25, -0.2) is 0 Å². The topological polar surface area (TPSA) is 67.9 Å². The summed E-state index contributed by atoms with van der Waals surface area (Å²) < 4.78 is 11.5. The molecule has 0 heterocycles. The Kier molecular flexibility index (Phi) is 9.79. The van der Waals surface area contributed by atoms with E-state index < -0.39 is 11.6 Å². The molecule has 3 rings (SSSR count). The maximum Gasteiger partial charge on any atom is 0.261 e. The van der Waals surface area contributed by atoms with Gasteiger partial charge >= 0.3 is 0 Å². The van der Waals surface area contributed by atoms with Gasteiger partial charge in [0.25, 0.3) is 5.91 Å². The Morgan fingerprint density at radius 1 is 0.846 bits per heavy atom. The van der Waals surface area contributed by atoms with Gasteiger partial charge in [-0.15, -0.1) is 0 Å². The van der Waals surface area contributed by atoms with Gasteiger partial charge in [-0.05, 0) is 61.1 Å². The Bertz CT molecular complexity index is 1240. The lowest BCUT2D eigenvalue weighted by Gasteiger charge is -2.34. The minimum Gasteiger partial charge on any atom is -0.497 e. The monoisotopic (exact) mass is 530 g/mol. The minimum atomic E-state index is -0.744. The molecule has 0 aliphatic rings. The van der Waals surface area contributed by atoms with E-state index in [1.807, 2.05) is 99.6 Å². The molecule has 1 atom stereocenters. The SMILES string of the molecule is COc1cccc(CN(C(=O)COc2ccccc2C(C)(C)C)C(Cc2ccccc2)C(=O)NC(C)(C)C)c1. The fraction of sp³-hybridized carbons (Fsp3) is 0.394. The molecule has 1 unspecified atom stereocenters. The van der Waals surface area contributed by atoms with E-state index in [4.69, 9.17) is 9.47 Å². The van der Waals surface area contributed by atoms with Crippen LogP contribution in [0.25, 0.3) is 0 Å². The van der Waals surface area contributed by atoms with Crippen molar-refractivity contribution in [1.82, 2.24) is 10.2 Å². The number of nitrogens with zero attached hydrogens (tertiary/aromatic N) is 1. The van der Waals surface area contributed by atoms with Crippen molar-refractivity contribution in [3.05, 3.63) is 95.6 Å². The van der Waals surface area contributed by atoms with Gasteiger partial charge in [0, 0.05) is 18.5 Å². The summed E-state index contributed by atoms with van der Waals surface area (Å²) in [6, 6.07) is 24.3. The quantitative estimate of drug-likeness (QED) is 0.353. The summed E-state index contributed by atoms with van der Waals surface area (Å²) in [5.41, 5.74) is 2.23. The van der Waals surface area contributed by atoms with E-state index in [0.29, 0.717) is 17.9 Å². The molecule has 0 bridgehead atoms. The van der Waals surface area contributed by atoms with E-state index in [-0.39, 0.29) is 30.4 Å². The van der Waals surface area contributed by atoms with Gasteiger partial charge in [0.2, 0.25) is 5.91 Å². The van der Waals surface area contributed by atoms with E-state index in [9.17, 15) is 9.59 Å². The standard InChI is InChI=1S/C33H42N2O4/c1-32(2,3)27-18-11-12-19-29(27)39-23-30(36)35(22-25-16-13-17-26(20-25)38-7)28(31(37)34-33(4,5)6)21-24-14-9-8-10-15-24/h8-20,28H,21-23H2,1-7H3,(H,34,37). The number of ether oxygens (including phenoxy) is 2. The summed E-state index contributed by atoms with van der Waals surface area (Å²) >= 11 is 0. The third-order valence-electron chi connectivity index (χ3n) is 6.30. The first-order chi connectivity index (χ1) is 18.4. The molecule has 6 nitrogen and oxygen atoms in total. The van der Waals surface area contributed by atoms with Gasteiger partial charge in [-0.2, -0.15) is 0 Å². The van der Waals surface area contributed by atoms with E-state index in [2.05, 4.69) is 26.1 Å². The van der Waals surface area contributed by atoms with Gasteiger partial charge in [-0.1, -0.05) is 81.4 Å². The average Bonchev–Trinajstić information content (AvgIpc) is 2.88. The number of hydrogen-bond acceptors (Lipinski definition) is 4. The van der Waals surface area contributed by atoms with Crippen molar-refractivity contribution in [1.29, 1.82) is 0 Å². The first-order valence-electron chi connectivity index (χ1n) is 13.4. The second-order valence-electron chi connectivity index (χ2n) is 11.9. The molecule has 0 spiro atoms. The zero-order valence-electron chi connectivity index (χ0n) is 24.3. The Labute approximate surface area is 233 Å². The molecule has 0 saturated heterocycles. The lowest BCUT2D eigenvalue weighted by atomic mass is 9.86. The van der Waals surface area contributed by atoms with Crippen LogP contribution >= 0.6 is 0 Å². The predicted molar refractivity (Wildman–Crippen MR) is 156 cm³/mol. The molecule has 0 radical (unpaired) electrons. The highest BCUT2D eigenvalue weighted by molar-refractivity contribution is 5.89. The Morgan fingerprint density at radius 3 is 2.13 bits per heavy atom. The first kappa shape index (κ1) is 29.8. The van der Waals surface area contributed by atoms with Crippen molar-refractivity contribution < 1.29 is 19.1 Å². The largest absolute Gasteiger partial charge is 0.497 e. The van der Waals surface area contributed by atoms with Gasteiger partial charge in [0.15, 0.2) is 6.61 Å². The predicted octanol–water partition coefficient (Wildman–Crippen LogP) is 5.93. The molecule has 0 fully saturated rings. The summed E-state index contributed by atoms with van der Waals surface area (Å²) in [6.07, 6.45) is 0.372. The van der Waals surface area contributed by atoms with Gasteiger partial charge in [0.1, 0.15) is 17.5 Å². The molecule has 0 aliphatic heterocycles. The van der Waals surface area contributed by atoms with Crippen LogP contribution < -0.4 is 14.8 Å². The van der Waals surface area contributed by atoms with Crippen molar-refractivity contribution >= 4 is 11.8 Å². The van der Waals surface area contributed by atoms with Crippen molar-refractivity contribution in [2.45, 2.75) is 71.5 Å². The van der Waals surface area contributed by atoms with Crippen molar-refractivity contribution in [2.75, 3.05) is 13.7 Å². The van der Waals surface area contributed by atoms with Crippen LogP contribution in [0.2, 0.25) is 0 Å². The van der Waals surface area contributed by atoms with Crippen LogP contribution in [0.15, 0.2) is 78.9 Å². The molecule has 208 valence electrons. The molecule has 1 N–H and O–H groups in total. The van der Waals surface area contributed by atoms with Crippen molar-refractivity contribution in [2.24, 2.45) is 0 Å². The number of para-hydroxylation sites is 1. The number of carbonyl (C=O) groups is 2. The number of amides is 2. The number of nitrogens with one attached hydrogen (secondary N) is 1. The lowest BCUT2D eigenvalue weighted by molar-refractivity contribution is -0.143. The van der Waals surface area contributed by atoms with E-state index in [1.54, 1.807) is 12.0 Å². The Morgan fingerprint density at radius 2 is 1.49 bits per heavy atom.